The van der Waals surface area contributed by atoms with E-state index < -0.39 is 18.0 Å². The molecule has 0 aromatic carbocycles. The zero-order valence-electron chi connectivity index (χ0n) is 12.1. The molecule has 0 aliphatic heterocycles. The van der Waals surface area contributed by atoms with Gasteiger partial charge in [0.15, 0.2) is 0 Å². The Balaban J connectivity index is 2.46. The van der Waals surface area contributed by atoms with Crippen LogP contribution in [0.1, 0.15) is 32.8 Å². The van der Waals surface area contributed by atoms with Gasteiger partial charge < -0.3 is 15.7 Å². The minimum absolute atomic E-state index is 0.0454. The van der Waals surface area contributed by atoms with E-state index in [0.717, 1.165) is 6.42 Å². The van der Waals surface area contributed by atoms with Crippen LogP contribution in [0.25, 0.3) is 0 Å². The quantitative estimate of drug-likeness (QED) is 0.723. The van der Waals surface area contributed by atoms with Crippen molar-refractivity contribution in [1.82, 2.24) is 10.6 Å². The lowest BCUT2D eigenvalue weighted by molar-refractivity contribution is -0.140. The Hall–Kier alpha value is -1.56. The zero-order chi connectivity index (χ0) is 15.1. The number of carbonyl (C=O) groups is 2. The number of carboxylic acid groups (broad SMARTS) is 1. The number of hydrogen-bond donors (Lipinski definition) is 3. The fourth-order valence-electron chi connectivity index (χ4n) is 1.90. The normalized spacial score (nSPS) is 15.2. The van der Waals surface area contributed by atoms with E-state index in [9.17, 15) is 9.59 Å². The van der Waals surface area contributed by atoms with Crippen molar-refractivity contribution in [3.8, 4) is 0 Å². The molecule has 0 radical (unpaired) electrons. The third kappa shape index (κ3) is 5.21. The molecule has 3 unspecified atom stereocenters. The van der Waals surface area contributed by atoms with E-state index in [2.05, 4.69) is 10.6 Å². The molecule has 1 heterocycles. The van der Waals surface area contributed by atoms with Gasteiger partial charge in [0.1, 0.15) is 6.04 Å². The molecule has 6 heteroatoms. The second kappa shape index (κ2) is 7.89. The molecule has 0 fully saturated rings. The molecule has 0 bridgehead atoms. The minimum Gasteiger partial charge on any atom is -0.480 e. The molecule has 1 aromatic heterocycles. The summed E-state index contributed by atoms with van der Waals surface area (Å²) >= 11 is 1.62. The summed E-state index contributed by atoms with van der Waals surface area (Å²) in [6.07, 6.45) is 1.43. The third-order valence-corrected chi connectivity index (χ3v) is 4.00. The van der Waals surface area contributed by atoms with E-state index in [1.807, 2.05) is 37.6 Å². The van der Waals surface area contributed by atoms with Crippen LogP contribution in [0.3, 0.4) is 0 Å². The monoisotopic (exact) mass is 298 g/mol. The van der Waals surface area contributed by atoms with E-state index in [-0.39, 0.29) is 12.0 Å². The van der Waals surface area contributed by atoms with Gasteiger partial charge in [-0.3, -0.25) is 0 Å². The summed E-state index contributed by atoms with van der Waals surface area (Å²) in [5.41, 5.74) is 1.17. The molecule has 112 valence electrons. The van der Waals surface area contributed by atoms with Crippen molar-refractivity contribution >= 4 is 23.3 Å². The first-order chi connectivity index (χ1) is 9.43. The molecule has 2 amide bonds. The highest BCUT2D eigenvalue weighted by atomic mass is 32.1. The number of hydrogen-bond acceptors (Lipinski definition) is 3. The van der Waals surface area contributed by atoms with Crippen molar-refractivity contribution in [1.29, 1.82) is 0 Å². The summed E-state index contributed by atoms with van der Waals surface area (Å²) in [6.45, 7) is 5.61. The molecule has 0 aliphatic rings. The third-order valence-electron chi connectivity index (χ3n) is 3.27. The predicted octanol–water partition coefficient (Wildman–Crippen LogP) is 2.48. The molecule has 3 atom stereocenters. The van der Waals surface area contributed by atoms with Crippen molar-refractivity contribution < 1.29 is 14.7 Å². The Labute approximate surface area is 123 Å². The summed E-state index contributed by atoms with van der Waals surface area (Å²) in [4.78, 5) is 23.0. The van der Waals surface area contributed by atoms with Gasteiger partial charge in [-0.15, -0.1) is 0 Å². The van der Waals surface area contributed by atoms with Crippen LogP contribution >= 0.6 is 11.3 Å². The van der Waals surface area contributed by atoms with Gasteiger partial charge in [0.2, 0.25) is 0 Å². The molecule has 0 aliphatic carbocycles. The van der Waals surface area contributed by atoms with E-state index in [0.29, 0.717) is 6.42 Å². The first kappa shape index (κ1) is 16.5. The lowest BCUT2D eigenvalue weighted by Crippen LogP contribution is -2.51. The smallest absolute Gasteiger partial charge is 0.326 e. The molecule has 0 saturated heterocycles. The first-order valence-electron chi connectivity index (χ1n) is 6.75. The van der Waals surface area contributed by atoms with Gasteiger partial charge in [-0.2, -0.15) is 11.3 Å². The maximum atomic E-state index is 11.8. The van der Waals surface area contributed by atoms with Crippen LogP contribution in [0.2, 0.25) is 0 Å². The highest BCUT2D eigenvalue weighted by molar-refractivity contribution is 7.07. The summed E-state index contributed by atoms with van der Waals surface area (Å²) in [5, 5.41) is 18.5. The molecule has 1 aromatic rings. The Bertz CT molecular complexity index is 434. The Morgan fingerprint density at radius 2 is 2.05 bits per heavy atom. The number of urea groups is 1. The van der Waals surface area contributed by atoms with Crippen molar-refractivity contribution in [2.45, 2.75) is 45.7 Å². The molecule has 3 N–H and O–H groups in total. The SMILES string of the molecule is CCC(C)C(NC(=O)NC(C)Cc1ccsc1)C(=O)O. The zero-order valence-corrected chi connectivity index (χ0v) is 12.9. The van der Waals surface area contributed by atoms with Crippen molar-refractivity contribution in [3.05, 3.63) is 22.4 Å². The average Bonchev–Trinajstić information content (AvgIpc) is 2.87. The fraction of sp³-hybridized carbons (Fsp3) is 0.571. The molecule has 1 rings (SSSR count). The van der Waals surface area contributed by atoms with Crippen molar-refractivity contribution in [3.63, 3.8) is 0 Å². The highest BCUT2D eigenvalue weighted by Crippen LogP contribution is 2.09. The number of nitrogens with one attached hydrogen (secondary N) is 2. The average molecular weight is 298 g/mol. The second-order valence-corrected chi connectivity index (χ2v) is 5.84. The number of carboxylic acids is 1. The number of carbonyl (C=O) groups excluding carboxylic acids is 1. The topological polar surface area (TPSA) is 78.4 Å². The Kier molecular flexibility index (Phi) is 6.51. The summed E-state index contributed by atoms with van der Waals surface area (Å²) in [5.74, 6) is -1.11. The van der Waals surface area contributed by atoms with Crippen LogP contribution < -0.4 is 10.6 Å². The second-order valence-electron chi connectivity index (χ2n) is 5.06. The van der Waals surface area contributed by atoms with Crippen molar-refractivity contribution in [2.75, 3.05) is 0 Å². The van der Waals surface area contributed by atoms with Crippen LogP contribution in [0.15, 0.2) is 16.8 Å². The molecular weight excluding hydrogens is 276 g/mol. The van der Waals surface area contributed by atoms with Gasteiger partial charge in [-0.05, 0) is 41.7 Å². The maximum absolute atomic E-state index is 11.8. The number of thiophene rings is 1. The Morgan fingerprint density at radius 3 is 2.55 bits per heavy atom. The predicted molar refractivity (Wildman–Crippen MR) is 80.0 cm³/mol. The van der Waals surface area contributed by atoms with Crippen molar-refractivity contribution in [2.24, 2.45) is 5.92 Å². The summed E-state index contributed by atoms with van der Waals surface area (Å²) in [6, 6.07) is 0.685. The summed E-state index contributed by atoms with van der Waals surface area (Å²) < 4.78 is 0. The largest absolute Gasteiger partial charge is 0.480 e. The van der Waals surface area contributed by atoms with Gasteiger partial charge in [-0.1, -0.05) is 20.3 Å². The molecule has 0 spiro atoms. The maximum Gasteiger partial charge on any atom is 0.326 e. The summed E-state index contributed by atoms with van der Waals surface area (Å²) in [7, 11) is 0. The molecular formula is C14H22N2O3S. The van der Waals surface area contributed by atoms with Crippen LogP contribution in [0.5, 0.6) is 0 Å². The van der Waals surface area contributed by atoms with Crippen LogP contribution in [-0.2, 0) is 11.2 Å². The minimum atomic E-state index is -1.00. The van der Waals surface area contributed by atoms with E-state index in [4.69, 9.17) is 5.11 Å². The number of aliphatic carboxylic acids is 1. The van der Waals surface area contributed by atoms with Gasteiger partial charge >= 0.3 is 12.0 Å². The van der Waals surface area contributed by atoms with Gasteiger partial charge in [0.05, 0.1) is 0 Å². The van der Waals surface area contributed by atoms with E-state index >= 15 is 0 Å². The van der Waals surface area contributed by atoms with Crippen LogP contribution in [0, 0.1) is 5.92 Å². The van der Waals surface area contributed by atoms with Gasteiger partial charge in [0.25, 0.3) is 0 Å². The number of rotatable bonds is 7. The Morgan fingerprint density at radius 1 is 1.35 bits per heavy atom. The van der Waals surface area contributed by atoms with Crippen LogP contribution in [-0.4, -0.2) is 29.2 Å². The molecule has 0 saturated carbocycles. The van der Waals surface area contributed by atoms with E-state index in [1.165, 1.54) is 5.56 Å². The standard InChI is InChI=1S/C14H22N2O3S/c1-4-9(2)12(13(17)18)16-14(19)15-10(3)7-11-5-6-20-8-11/h5-6,8-10,12H,4,7H2,1-3H3,(H,17,18)(H2,15,16,19). The molecule has 5 nitrogen and oxygen atoms in total. The van der Waals surface area contributed by atoms with Gasteiger partial charge in [0, 0.05) is 6.04 Å². The van der Waals surface area contributed by atoms with Gasteiger partial charge in [-0.25, -0.2) is 9.59 Å². The van der Waals surface area contributed by atoms with Crippen LogP contribution in [0.4, 0.5) is 4.79 Å². The fourth-order valence-corrected chi connectivity index (χ4v) is 2.58. The van der Waals surface area contributed by atoms with E-state index in [1.54, 1.807) is 11.3 Å². The molecule has 20 heavy (non-hydrogen) atoms. The lowest BCUT2D eigenvalue weighted by atomic mass is 9.99. The number of amides is 2. The highest BCUT2D eigenvalue weighted by Gasteiger charge is 2.25. The first-order valence-corrected chi connectivity index (χ1v) is 7.69. The lowest BCUT2D eigenvalue weighted by Gasteiger charge is -2.22.